The Bertz CT molecular complexity index is 996. The SMILES string of the molecule is Cc1nn(-c2ccccc2)c(C)c1NC(=O)CCSc1nnnn1CC1CCCO1. The van der Waals surface area contributed by atoms with Crippen LogP contribution >= 0.6 is 11.8 Å². The summed E-state index contributed by atoms with van der Waals surface area (Å²) in [5.74, 6) is 0.530. The molecule has 1 aliphatic heterocycles. The minimum absolute atomic E-state index is 0.0561. The Kier molecular flexibility index (Phi) is 6.44. The van der Waals surface area contributed by atoms with Gasteiger partial charge in [-0.1, -0.05) is 30.0 Å². The molecule has 10 heteroatoms. The first-order chi connectivity index (χ1) is 14.6. The molecule has 158 valence electrons. The molecule has 9 nitrogen and oxygen atoms in total. The van der Waals surface area contributed by atoms with Crippen molar-refractivity contribution in [3.63, 3.8) is 0 Å². The second kappa shape index (κ2) is 9.40. The predicted molar refractivity (Wildman–Crippen MR) is 114 cm³/mol. The van der Waals surface area contributed by atoms with Gasteiger partial charge in [0.25, 0.3) is 0 Å². The lowest BCUT2D eigenvalue weighted by molar-refractivity contribution is -0.115. The van der Waals surface area contributed by atoms with Crippen LogP contribution in [0.1, 0.15) is 30.7 Å². The van der Waals surface area contributed by atoms with Gasteiger partial charge in [-0.15, -0.1) is 5.10 Å². The fourth-order valence-corrected chi connectivity index (χ4v) is 4.30. The van der Waals surface area contributed by atoms with Crippen LogP contribution in [0.15, 0.2) is 35.5 Å². The second-order valence-corrected chi connectivity index (χ2v) is 8.28. The van der Waals surface area contributed by atoms with Gasteiger partial charge in [-0.05, 0) is 49.2 Å². The van der Waals surface area contributed by atoms with Gasteiger partial charge in [-0.25, -0.2) is 9.36 Å². The number of nitrogens with one attached hydrogen (secondary N) is 1. The van der Waals surface area contributed by atoms with Gasteiger partial charge < -0.3 is 10.1 Å². The highest BCUT2D eigenvalue weighted by molar-refractivity contribution is 7.99. The molecule has 0 bridgehead atoms. The Balaban J connectivity index is 1.32. The van der Waals surface area contributed by atoms with E-state index in [1.54, 1.807) is 4.68 Å². The number of amides is 1. The zero-order valence-electron chi connectivity index (χ0n) is 17.1. The number of hydrogen-bond acceptors (Lipinski definition) is 7. The molecule has 0 radical (unpaired) electrons. The van der Waals surface area contributed by atoms with Gasteiger partial charge in [-0.3, -0.25) is 4.79 Å². The van der Waals surface area contributed by atoms with Gasteiger partial charge in [0.1, 0.15) is 0 Å². The van der Waals surface area contributed by atoms with E-state index < -0.39 is 0 Å². The van der Waals surface area contributed by atoms with Gasteiger partial charge >= 0.3 is 0 Å². The Morgan fingerprint density at radius 2 is 2.13 bits per heavy atom. The number of para-hydroxylation sites is 1. The molecule has 0 aliphatic carbocycles. The number of carbonyl (C=O) groups excluding carboxylic acids is 1. The lowest BCUT2D eigenvalue weighted by Crippen LogP contribution is -2.17. The summed E-state index contributed by atoms with van der Waals surface area (Å²) in [4.78, 5) is 12.5. The van der Waals surface area contributed by atoms with Crippen molar-refractivity contribution in [3.05, 3.63) is 41.7 Å². The van der Waals surface area contributed by atoms with Gasteiger partial charge in [0.05, 0.1) is 35.4 Å². The van der Waals surface area contributed by atoms with Crippen molar-refractivity contribution in [3.8, 4) is 5.69 Å². The molecule has 1 N–H and O–H groups in total. The molecule has 1 fully saturated rings. The van der Waals surface area contributed by atoms with Crippen LogP contribution in [0.25, 0.3) is 5.69 Å². The minimum atomic E-state index is -0.0561. The zero-order chi connectivity index (χ0) is 20.9. The molecular weight excluding hydrogens is 402 g/mol. The molecule has 3 aromatic rings. The van der Waals surface area contributed by atoms with Crippen molar-refractivity contribution < 1.29 is 9.53 Å². The molecule has 0 saturated carbocycles. The first-order valence-electron chi connectivity index (χ1n) is 10.0. The Labute approximate surface area is 179 Å². The van der Waals surface area contributed by atoms with Crippen molar-refractivity contribution in [2.24, 2.45) is 0 Å². The molecule has 1 unspecified atom stereocenters. The van der Waals surface area contributed by atoms with Gasteiger partial charge in [0, 0.05) is 18.8 Å². The number of thioether (sulfide) groups is 1. The molecule has 1 amide bonds. The van der Waals surface area contributed by atoms with E-state index in [2.05, 4.69) is 25.9 Å². The van der Waals surface area contributed by atoms with Crippen LogP contribution in [0, 0.1) is 13.8 Å². The normalized spacial score (nSPS) is 16.1. The monoisotopic (exact) mass is 427 g/mol. The molecule has 4 rings (SSSR count). The lowest BCUT2D eigenvalue weighted by Gasteiger charge is -2.10. The van der Waals surface area contributed by atoms with Crippen molar-refractivity contribution in [1.29, 1.82) is 0 Å². The summed E-state index contributed by atoms with van der Waals surface area (Å²) in [7, 11) is 0. The fraction of sp³-hybridized carbons (Fsp3) is 0.450. The summed E-state index contributed by atoms with van der Waals surface area (Å²) < 4.78 is 9.26. The van der Waals surface area contributed by atoms with E-state index in [-0.39, 0.29) is 12.0 Å². The highest BCUT2D eigenvalue weighted by Gasteiger charge is 2.19. The maximum Gasteiger partial charge on any atom is 0.225 e. The summed E-state index contributed by atoms with van der Waals surface area (Å²) >= 11 is 1.48. The summed E-state index contributed by atoms with van der Waals surface area (Å²) in [5.41, 5.74) is 3.42. The van der Waals surface area contributed by atoms with Crippen LogP contribution in [0.4, 0.5) is 5.69 Å². The van der Waals surface area contributed by atoms with Crippen molar-refractivity contribution in [2.75, 3.05) is 17.7 Å². The fourth-order valence-electron chi connectivity index (χ4n) is 3.48. The number of aryl methyl sites for hydroxylation is 1. The van der Waals surface area contributed by atoms with Gasteiger partial charge in [0.2, 0.25) is 11.1 Å². The average Bonchev–Trinajstić information content (AvgIpc) is 3.48. The molecule has 1 aromatic carbocycles. The molecule has 3 heterocycles. The van der Waals surface area contributed by atoms with Gasteiger partial charge in [-0.2, -0.15) is 5.10 Å². The summed E-state index contributed by atoms with van der Waals surface area (Å²) in [6, 6.07) is 9.87. The summed E-state index contributed by atoms with van der Waals surface area (Å²) in [5, 5.41) is 20.2. The average molecular weight is 428 g/mol. The number of hydrogen-bond donors (Lipinski definition) is 1. The Morgan fingerprint density at radius 3 is 2.90 bits per heavy atom. The van der Waals surface area contributed by atoms with Crippen LogP contribution in [0.2, 0.25) is 0 Å². The number of tetrazole rings is 1. The zero-order valence-corrected chi connectivity index (χ0v) is 17.9. The van der Waals surface area contributed by atoms with Crippen LogP contribution < -0.4 is 5.32 Å². The third-order valence-electron chi connectivity index (χ3n) is 5.02. The number of ether oxygens (including phenoxy) is 1. The predicted octanol–water partition coefficient (Wildman–Crippen LogP) is 2.78. The van der Waals surface area contributed by atoms with Gasteiger partial charge in [0.15, 0.2) is 0 Å². The maximum absolute atomic E-state index is 12.5. The number of rotatable bonds is 8. The number of anilines is 1. The maximum atomic E-state index is 12.5. The Morgan fingerprint density at radius 1 is 1.30 bits per heavy atom. The molecular formula is C20H25N7O2S. The second-order valence-electron chi connectivity index (χ2n) is 7.22. The van der Waals surface area contributed by atoms with Crippen LogP contribution in [-0.4, -0.2) is 54.4 Å². The van der Waals surface area contributed by atoms with E-state index >= 15 is 0 Å². The summed E-state index contributed by atoms with van der Waals surface area (Å²) in [6.07, 6.45) is 2.63. The van der Waals surface area contributed by atoms with E-state index in [4.69, 9.17) is 4.74 Å². The van der Waals surface area contributed by atoms with Crippen LogP contribution in [-0.2, 0) is 16.1 Å². The molecule has 2 aromatic heterocycles. The lowest BCUT2D eigenvalue weighted by atomic mass is 10.2. The summed E-state index contributed by atoms with van der Waals surface area (Å²) in [6.45, 7) is 5.31. The third-order valence-corrected chi connectivity index (χ3v) is 5.98. The molecule has 30 heavy (non-hydrogen) atoms. The first kappa shape index (κ1) is 20.5. The molecule has 1 saturated heterocycles. The smallest absolute Gasteiger partial charge is 0.225 e. The number of benzene rings is 1. The highest BCUT2D eigenvalue weighted by Crippen LogP contribution is 2.24. The van der Waals surface area contributed by atoms with Crippen LogP contribution in [0.3, 0.4) is 0 Å². The minimum Gasteiger partial charge on any atom is -0.376 e. The number of aromatic nitrogens is 6. The topological polar surface area (TPSA) is 99.8 Å². The van der Waals surface area contributed by atoms with E-state index in [1.807, 2.05) is 48.9 Å². The van der Waals surface area contributed by atoms with Crippen molar-refractivity contribution >= 4 is 23.4 Å². The molecule has 1 aliphatic rings. The van der Waals surface area contributed by atoms with E-state index in [9.17, 15) is 4.79 Å². The highest BCUT2D eigenvalue weighted by atomic mass is 32.2. The van der Waals surface area contributed by atoms with Crippen molar-refractivity contribution in [1.82, 2.24) is 30.0 Å². The number of nitrogens with zero attached hydrogens (tertiary/aromatic N) is 6. The van der Waals surface area contributed by atoms with Crippen molar-refractivity contribution in [2.45, 2.75) is 50.9 Å². The Hall–Kier alpha value is -2.72. The van der Waals surface area contributed by atoms with E-state index in [1.165, 1.54) is 11.8 Å². The first-order valence-corrected chi connectivity index (χ1v) is 11.0. The van der Waals surface area contributed by atoms with Crippen LogP contribution in [0.5, 0.6) is 0 Å². The number of carbonyl (C=O) groups is 1. The molecule has 1 atom stereocenters. The van der Waals surface area contributed by atoms with E-state index in [0.717, 1.165) is 42.2 Å². The largest absolute Gasteiger partial charge is 0.376 e. The van der Waals surface area contributed by atoms with E-state index in [0.29, 0.717) is 23.9 Å². The standard InChI is InChI=1S/C20H25N7O2S/c1-14-19(15(2)27(23-14)16-7-4-3-5-8-16)21-18(28)10-12-30-20-22-24-25-26(20)13-17-9-6-11-29-17/h3-5,7-8,17H,6,9-13H2,1-2H3,(H,21,28). The quantitative estimate of drug-likeness (QED) is 0.552. The third kappa shape index (κ3) is 4.71. The molecule has 0 spiro atoms.